The third kappa shape index (κ3) is 2.14. The molecule has 1 saturated heterocycles. The SMILES string of the molecule is Nc1ccc(C(=O)N2CCNCC2)cc1F. The molecule has 3 N–H and O–H groups in total. The molecule has 0 spiro atoms. The van der Waals surface area contributed by atoms with Gasteiger partial charge < -0.3 is 16.0 Å². The lowest BCUT2D eigenvalue weighted by atomic mass is 10.1. The molecule has 0 atom stereocenters. The Labute approximate surface area is 93.2 Å². The number of hydrogen-bond acceptors (Lipinski definition) is 3. The van der Waals surface area contributed by atoms with E-state index in [9.17, 15) is 9.18 Å². The molecule has 1 aromatic rings. The maximum Gasteiger partial charge on any atom is 0.254 e. The summed E-state index contributed by atoms with van der Waals surface area (Å²) in [5.74, 6) is -0.679. The summed E-state index contributed by atoms with van der Waals surface area (Å²) in [7, 11) is 0. The molecule has 5 heteroatoms. The highest BCUT2D eigenvalue weighted by Gasteiger charge is 2.18. The van der Waals surface area contributed by atoms with Gasteiger partial charge in [-0.2, -0.15) is 0 Å². The van der Waals surface area contributed by atoms with E-state index in [1.165, 1.54) is 12.1 Å². The summed E-state index contributed by atoms with van der Waals surface area (Å²) in [6.45, 7) is 2.88. The van der Waals surface area contributed by atoms with Gasteiger partial charge in [-0.1, -0.05) is 0 Å². The van der Waals surface area contributed by atoms with Crippen LogP contribution >= 0.6 is 0 Å². The van der Waals surface area contributed by atoms with E-state index in [1.54, 1.807) is 11.0 Å². The molecule has 4 nitrogen and oxygen atoms in total. The van der Waals surface area contributed by atoms with Gasteiger partial charge in [-0.3, -0.25) is 4.79 Å². The number of hydrogen-bond donors (Lipinski definition) is 2. The van der Waals surface area contributed by atoms with Gasteiger partial charge in [0.15, 0.2) is 0 Å². The van der Waals surface area contributed by atoms with Crippen molar-refractivity contribution in [2.45, 2.75) is 0 Å². The minimum Gasteiger partial charge on any atom is -0.396 e. The van der Waals surface area contributed by atoms with Crippen LogP contribution in [0.15, 0.2) is 18.2 Å². The fourth-order valence-electron chi connectivity index (χ4n) is 1.71. The average Bonchev–Trinajstić information content (AvgIpc) is 2.33. The van der Waals surface area contributed by atoms with Crippen LogP contribution in [-0.4, -0.2) is 37.0 Å². The molecule has 1 heterocycles. The van der Waals surface area contributed by atoms with Crippen molar-refractivity contribution in [1.29, 1.82) is 0 Å². The smallest absolute Gasteiger partial charge is 0.254 e. The number of anilines is 1. The van der Waals surface area contributed by atoms with E-state index in [4.69, 9.17) is 5.73 Å². The molecule has 0 aliphatic carbocycles. The minimum absolute atomic E-state index is 0.0665. The highest BCUT2D eigenvalue weighted by molar-refractivity contribution is 5.94. The van der Waals surface area contributed by atoms with Gasteiger partial charge in [0.05, 0.1) is 5.69 Å². The summed E-state index contributed by atoms with van der Waals surface area (Å²) in [5, 5.41) is 3.15. The molecule has 2 rings (SSSR count). The summed E-state index contributed by atoms with van der Waals surface area (Å²) < 4.78 is 13.2. The zero-order valence-corrected chi connectivity index (χ0v) is 8.87. The summed E-state index contributed by atoms with van der Waals surface area (Å²) >= 11 is 0. The van der Waals surface area contributed by atoms with Crippen LogP contribution in [0.1, 0.15) is 10.4 Å². The quantitative estimate of drug-likeness (QED) is 0.680. The summed E-state index contributed by atoms with van der Waals surface area (Å²) in [6, 6.07) is 4.17. The van der Waals surface area contributed by atoms with Gasteiger partial charge in [0.1, 0.15) is 5.82 Å². The van der Waals surface area contributed by atoms with Crippen LogP contribution in [0.25, 0.3) is 0 Å². The largest absolute Gasteiger partial charge is 0.396 e. The van der Waals surface area contributed by atoms with Crippen LogP contribution in [0, 0.1) is 5.82 Å². The van der Waals surface area contributed by atoms with Gasteiger partial charge in [0.25, 0.3) is 5.91 Å². The highest BCUT2D eigenvalue weighted by atomic mass is 19.1. The Balaban J connectivity index is 2.16. The average molecular weight is 223 g/mol. The lowest BCUT2D eigenvalue weighted by Crippen LogP contribution is -2.46. The molecule has 1 aliphatic rings. The molecular weight excluding hydrogens is 209 g/mol. The number of halogens is 1. The molecular formula is C11H14FN3O. The Morgan fingerprint density at radius 1 is 1.38 bits per heavy atom. The maximum absolute atomic E-state index is 13.2. The van der Waals surface area contributed by atoms with Crippen molar-refractivity contribution >= 4 is 11.6 Å². The third-order valence-electron chi connectivity index (χ3n) is 2.65. The first-order chi connectivity index (χ1) is 7.68. The van der Waals surface area contributed by atoms with Crippen molar-refractivity contribution in [3.63, 3.8) is 0 Å². The number of benzene rings is 1. The van der Waals surface area contributed by atoms with Gasteiger partial charge in [0.2, 0.25) is 0 Å². The predicted molar refractivity (Wildman–Crippen MR) is 59.6 cm³/mol. The fourth-order valence-corrected chi connectivity index (χ4v) is 1.71. The van der Waals surface area contributed by atoms with E-state index in [2.05, 4.69) is 5.32 Å². The molecule has 1 aromatic carbocycles. The topological polar surface area (TPSA) is 58.4 Å². The summed E-state index contributed by atoms with van der Waals surface area (Å²) in [5.41, 5.74) is 5.78. The van der Waals surface area contributed by atoms with Gasteiger partial charge in [0, 0.05) is 31.7 Å². The van der Waals surface area contributed by atoms with Crippen LogP contribution in [0.5, 0.6) is 0 Å². The van der Waals surface area contributed by atoms with Crippen LogP contribution in [0.4, 0.5) is 10.1 Å². The lowest BCUT2D eigenvalue weighted by molar-refractivity contribution is 0.0735. The van der Waals surface area contributed by atoms with Crippen LogP contribution in [0.3, 0.4) is 0 Å². The van der Waals surface area contributed by atoms with E-state index < -0.39 is 5.82 Å². The molecule has 1 fully saturated rings. The predicted octanol–water partition coefficient (Wildman–Crippen LogP) is 0.453. The number of nitrogen functional groups attached to an aromatic ring is 1. The normalized spacial score (nSPS) is 16.2. The standard InChI is InChI=1S/C11H14FN3O/c12-9-7-8(1-2-10(9)13)11(16)15-5-3-14-4-6-15/h1-2,7,14H,3-6,13H2. The van der Waals surface area contributed by atoms with Gasteiger partial charge >= 0.3 is 0 Å². The monoisotopic (exact) mass is 223 g/mol. The Morgan fingerprint density at radius 2 is 2.06 bits per heavy atom. The summed E-state index contributed by atoms with van der Waals surface area (Å²) in [4.78, 5) is 13.7. The zero-order valence-electron chi connectivity index (χ0n) is 8.87. The Bertz CT molecular complexity index is 402. The van der Waals surface area contributed by atoms with Gasteiger partial charge in [-0.25, -0.2) is 4.39 Å². The van der Waals surface area contributed by atoms with E-state index in [1.807, 2.05) is 0 Å². The first kappa shape index (κ1) is 10.9. The van der Waals surface area contributed by atoms with Crippen molar-refractivity contribution in [3.05, 3.63) is 29.6 Å². The van der Waals surface area contributed by atoms with Crippen molar-refractivity contribution in [3.8, 4) is 0 Å². The second-order valence-electron chi connectivity index (χ2n) is 3.78. The number of nitrogens with two attached hydrogens (primary N) is 1. The first-order valence-electron chi connectivity index (χ1n) is 5.23. The zero-order chi connectivity index (χ0) is 11.5. The number of rotatable bonds is 1. The van der Waals surface area contributed by atoms with E-state index in [0.717, 1.165) is 13.1 Å². The Morgan fingerprint density at radius 3 is 2.69 bits per heavy atom. The molecule has 1 amide bonds. The lowest BCUT2D eigenvalue weighted by Gasteiger charge is -2.27. The molecule has 16 heavy (non-hydrogen) atoms. The van der Waals surface area contributed by atoms with Crippen molar-refractivity contribution in [2.75, 3.05) is 31.9 Å². The Hall–Kier alpha value is -1.62. The van der Waals surface area contributed by atoms with Crippen molar-refractivity contribution < 1.29 is 9.18 Å². The van der Waals surface area contributed by atoms with Crippen molar-refractivity contribution in [2.24, 2.45) is 0 Å². The van der Waals surface area contributed by atoms with Crippen molar-refractivity contribution in [1.82, 2.24) is 10.2 Å². The number of piperazine rings is 1. The minimum atomic E-state index is -0.541. The number of carbonyl (C=O) groups is 1. The number of nitrogens with one attached hydrogen (secondary N) is 1. The molecule has 0 unspecified atom stereocenters. The fraction of sp³-hybridized carbons (Fsp3) is 0.364. The summed E-state index contributed by atoms with van der Waals surface area (Å²) in [6.07, 6.45) is 0. The van der Waals surface area contributed by atoms with Gasteiger partial charge in [-0.15, -0.1) is 0 Å². The molecule has 0 aromatic heterocycles. The van der Waals surface area contributed by atoms with E-state index >= 15 is 0 Å². The van der Waals surface area contributed by atoms with Crippen LogP contribution in [0.2, 0.25) is 0 Å². The molecule has 0 bridgehead atoms. The molecule has 0 radical (unpaired) electrons. The van der Waals surface area contributed by atoms with Crippen LogP contribution < -0.4 is 11.1 Å². The van der Waals surface area contributed by atoms with Crippen LogP contribution in [-0.2, 0) is 0 Å². The third-order valence-corrected chi connectivity index (χ3v) is 2.65. The molecule has 86 valence electrons. The number of amides is 1. The van der Waals surface area contributed by atoms with E-state index in [0.29, 0.717) is 18.7 Å². The number of nitrogens with zero attached hydrogens (tertiary/aromatic N) is 1. The maximum atomic E-state index is 13.2. The van der Waals surface area contributed by atoms with E-state index in [-0.39, 0.29) is 11.6 Å². The second-order valence-corrected chi connectivity index (χ2v) is 3.78. The number of carbonyl (C=O) groups excluding carboxylic acids is 1. The molecule has 1 aliphatic heterocycles. The second kappa shape index (κ2) is 4.49. The first-order valence-corrected chi connectivity index (χ1v) is 5.23. The molecule has 0 saturated carbocycles. The highest BCUT2D eigenvalue weighted by Crippen LogP contribution is 2.14. The Kier molecular flexibility index (Phi) is 3.05. The van der Waals surface area contributed by atoms with Gasteiger partial charge in [-0.05, 0) is 18.2 Å².